The fraction of sp³-hybridized carbons (Fsp3) is 0.647. The third-order valence-corrected chi connectivity index (χ3v) is 4.22. The minimum absolute atomic E-state index is 0.00261. The highest BCUT2D eigenvalue weighted by atomic mass is 16.4. The maximum absolute atomic E-state index is 12.6. The second-order valence-electron chi connectivity index (χ2n) is 6.95. The van der Waals surface area contributed by atoms with Gasteiger partial charge in [0, 0.05) is 13.0 Å². The summed E-state index contributed by atoms with van der Waals surface area (Å²) < 4.78 is 0. The largest absolute Gasteiger partial charge is 0.480 e. The van der Waals surface area contributed by atoms with Gasteiger partial charge in [-0.05, 0) is 19.3 Å². The first kappa shape index (κ1) is 29.5. The smallest absolute Gasteiger partial charge is 0.326 e. The number of guanidine groups is 1. The van der Waals surface area contributed by atoms with Crippen LogP contribution in [-0.2, 0) is 24.0 Å². The first-order valence-corrected chi connectivity index (χ1v) is 9.87. The summed E-state index contributed by atoms with van der Waals surface area (Å²) in [6.45, 7) is -1.46. The predicted octanol–water partition coefficient (Wildman–Crippen LogP) is -5.84. The van der Waals surface area contributed by atoms with Gasteiger partial charge in [-0.3, -0.25) is 24.2 Å². The Morgan fingerprint density at radius 1 is 0.788 bits per heavy atom. The summed E-state index contributed by atoms with van der Waals surface area (Å²) >= 11 is 0. The lowest BCUT2D eigenvalue weighted by Gasteiger charge is -2.24. The lowest BCUT2D eigenvalue weighted by Crippen LogP contribution is -2.58. The molecule has 0 bridgehead atoms. The maximum Gasteiger partial charge on any atom is 0.326 e. The Bertz CT molecular complexity index is 728. The first-order valence-electron chi connectivity index (χ1n) is 9.87. The number of rotatable bonds is 16. The number of nitrogens with zero attached hydrogens (tertiary/aromatic N) is 1. The van der Waals surface area contributed by atoms with E-state index in [9.17, 15) is 29.1 Å². The normalized spacial score (nSPS) is 14.2. The van der Waals surface area contributed by atoms with Crippen molar-refractivity contribution >= 4 is 35.6 Å². The SMILES string of the molecule is NC(=O)CCC(NC(=O)C(CO)NC(=O)C(CCCN=C(N)N)NC(=O)C(N)CO)C(=O)O. The van der Waals surface area contributed by atoms with E-state index in [1.54, 1.807) is 0 Å². The molecule has 0 aromatic rings. The van der Waals surface area contributed by atoms with Gasteiger partial charge in [0.25, 0.3) is 0 Å². The molecule has 0 rings (SSSR count). The van der Waals surface area contributed by atoms with Gasteiger partial charge >= 0.3 is 5.97 Å². The van der Waals surface area contributed by atoms with E-state index in [1.165, 1.54) is 0 Å². The number of hydrogen-bond acceptors (Lipinski definition) is 9. The van der Waals surface area contributed by atoms with Crippen LogP contribution in [0.5, 0.6) is 0 Å². The molecule has 0 radical (unpaired) electrons. The molecule has 0 saturated carbocycles. The molecule has 4 amide bonds. The zero-order valence-corrected chi connectivity index (χ0v) is 17.9. The van der Waals surface area contributed by atoms with E-state index < -0.39 is 67.0 Å². The van der Waals surface area contributed by atoms with Crippen LogP contribution in [0.4, 0.5) is 0 Å². The first-order chi connectivity index (χ1) is 15.4. The fourth-order valence-corrected chi connectivity index (χ4v) is 2.42. The van der Waals surface area contributed by atoms with Gasteiger partial charge in [0.2, 0.25) is 23.6 Å². The van der Waals surface area contributed by atoms with Crippen molar-refractivity contribution in [2.45, 2.75) is 49.9 Å². The number of aliphatic carboxylic acids is 1. The zero-order valence-electron chi connectivity index (χ0n) is 17.9. The Kier molecular flexibility index (Phi) is 13.7. The lowest BCUT2D eigenvalue weighted by molar-refractivity contribution is -0.143. The van der Waals surface area contributed by atoms with Crippen LogP contribution in [0.25, 0.3) is 0 Å². The van der Waals surface area contributed by atoms with Crippen LogP contribution in [-0.4, -0.2) is 94.8 Å². The van der Waals surface area contributed by atoms with E-state index in [0.29, 0.717) is 0 Å². The number of amides is 4. The number of aliphatic hydroxyl groups excluding tert-OH is 2. The number of primary amides is 1. The molecule has 0 aliphatic rings. The molecule has 0 aromatic heterocycles. The standard InChI is InChI=1S/C17H32N8O8/c18-8(6-26)13(29)23-9(2-1-5-22-17(20)21)14(30)25-11(7-27)15(31)24-10(16(32)33)3-4-12(19)28/h8-11,26-27H,1-7,18H2,(H2,19,28)(H,23,29)(H,24,31)(H,25,30)(H,32,33)(H4,20,21,22). The van der Waals surface area contributed by atoms with Crippen LogP contribution in [0.1, 0.15) is 25.7 Å². The molecule has 0 fully saturated rings. The van der Waals surface area contributed by atoms with Gasteiger partial charge in [-0.15, -0.1) is 0 Å². The van der Waals surface area contributed by atoms with Crippen LogP contribution in [0.2, 0.25) is 0 Å². The molecule has 0 saturated heterocycles. The van der Waals surface area contributed by atoms with Crippen LogP contribution < -0.4 is 38.9 Å². The quantitative estimate of drug-likeness (QED) is 0.0568. The van der Waals surface area contributed by atoms with E-state index in [0.717, 1.165) is 0 Å². The summed E-state index contributed by atoms with van der Waals surface area (Å²) in [5.41, 5.74) is 20.8. The van der Waals surface area contributed by atoms with E-state index in [-0.39, 0.29) is 38.2 Å². The van der Waals surface area contributed by atoms with Crippen molar-refractivity contribution in [3.63, 3.8) is 0 Å². The van der Waals surface area contributed by atoms with Gasteiger partial charge in [0.05, 0.1) is 13.2 Å². The number of hydrogen-bond donors (Lipinski definition) is 10. The molecule has 4 unspecified atom stereocenters. The number of nitrogens with one attached hydrogen (secondary N) is 3. The Balaban J connectivity index is 5.27. The fourth-order valence-electron chi connectivity index (χ4n) is 2.42. The molecular formula is C17H32N8O8. The Hall–Kier alpha value is -3.50. The highest BCUT2D eigenvalue weighted by Crippen LogP contribution is 2.02. The van der Waals surface area contributed by atoms with Crippen molar-refractivity contribution in [1.29, 1.82) is 0 Å². The zero-order chi connectivity index (χ0) is 25.6. The summed E-state index contributed by atoms with van der Waals surface area (Å²) in [6.07, 6.45) is -0.384. The average molecular weight is 476 g/mol. The summed E-state index contributed by atoms with van der Waals surface area (Å²) in [7, 11) is 0. The van der Waals surface area contributed by atoms with Crippen molar-refractivity contribution < 1.29 is 39.3 Å². The predicted molar refractivity (Wildman–Crippen MR) is 114 cm³/mol. The van der Waals surface area contributed by atoms with E-state index in [4.69, 9.17) is 33.1 Å². The number of aliphatic hydroxyl groups is 2. The molecule has 0 aliphatic carbocycles. The maximum atomic E-state index is 12.6. The third-order valence-electron chi connectivity index (χ3n) is 4.22. The number of aliphatic imine (C=N–C) groups is 1. The molecular weight excluding hydrogens is 444 g/mol. The minimum Gasteiger partial charge on any atom is -0.480 e. The van der Waals surface area contributed by atoms with E-state index >= 15 is 0 Å². The average Bonchev–Trinajstić information content (AvgIpc) is 2.75. The van der Waals surface area contributed by atoms with Crippen molar-refractivity contribution in [3.05, 3.63) is 0 Å². The lowest BCUT2D eigenvalue weighted by atomic mass is 10.1. The summed E-state index contributed by atoms with van der Waals surface area (Å²) in [5, 5.41) is 34.3. The molecule has 16 nitrogen and oxygen atoms in total. The highest BCUT2D eigenvalue weighted by Gasteiger charge is 2.29. The Morgan fingerprint density at radius 2 is 1.33 bits per heavy atom. The molecule has 33 heavy (non-hydrogen) atoms. The second-order valence-corrected chi connectivity index (χ2v) is 6.95. The molecule has 0 heterocycles. The molecule has 14 N–H and O–H groups in total. The van der Waals surface area contributed by atoms with Gasteiger partial charge in [-0.2, -0.15) is 0 Å². The van der Waals surface area contributed by atoms with Crippen molar-refractivity contribution in [3.8, 4) is 0 Å². The summed E-state index contributed by atoms with van der Waals surface area (Å²) in [4.78, 5) is 62.9. The number of carbonyl (C=O) groups excluding carboxylic acids is 4. The molecule has 0 spiro atoms. The molecule has 0 aromatic carbocycles. The number of carboxylic acids is 1. The number of carbonyl (C=O) groups is 5. The summed E-state index contributed by atoms with van der Waals surface area (Å²) in [6, 6.07) is -5.61. The molecule has 188 valence electrons. The van der Waals surface area contributed by atoms with Gasteiger partial charge < -0.3 is 54.2 Å². The number of nitrogens with two attached hydrogens (primary N) is 4. The number of carboxylic acid groups (broad SMARTS) is 1. The molecule has 0 aliphatic heterocycles. The van der Waals surface area contributed by atoms with Crippen molar-refractivity contribution in [2.24, 2.45) is 27.9 Å². The van der Waals surface area contributed by atoms with Crippen LogP contribution in [0.15, 0.2) is 4.99 Å². The molecule has 16 heteroatoms. The van der Waals surface area contributed by atoms with Gasteiger partial charge in [-0.25, -0.2) is 4.79 Å². The van der Waals surface area contributed by atoms with Crippen LogP contribution in [0, 0.1) is 0 Å². The van der Waals surface area contributed by atoms with Gasteiger partial charge in [0.15, 0.2) is 5.96 Å². The van der Waals surface area contributed by atoms with E-state index in [1.807, 2.05) is 0 Å². The second kappa shape index (κ2) is 15.3. The van der Waals surface area contributed by atoms with Gasteiger partial charge in [-0.1, -0.05) is 0 Å². The van der Waals surface area contributed by atoms with Crippen LogP contribution >= 0.6 is 0 Å². The van der Waals surface area contributed by atoms with Crippen molar-refractivity contribution in [2.75, 3.05) is 19.8 Å². The molecule has 4 atom stereocenters. The summed E-state index contributed by atoms with van der Waals surface area (Å²) in [5.74, 6) is -5.18. The third kappa shape index (κ3) is 12.2. The Morgan fingerprint density at radius 3 is 1.82 bits per heavy atom. The van der Waals surface area contributed by atoms with E-state index in [2.05, 4.69) is 20.9 Å². The van der Waals surface area contributed by atoms with Crippen LogP contribution in [0.3, 0.4) is 0 Å². The van der Waals surface area contributed by atoms with Gasteiger partial charge in [0.1, 0.15) is 24.2 Å². The highest BCUT2D eigenvalue weighted by molar-refractivity contribution is 5.94. The topological polar surface area (TPSA) is 299 Å². The monoisotopic (exact) mass is 476 g/mol. The van der Waals surface area contributed by atoms with Crippen molar-refractivity contribution in [1.82, 2.24) is 16.0 Å². The Labute approximate surface area is 189 Å². The minimum atomic E-state index is -1.57.